The summed E-state index contributed by atoms with van der Waals surface area (Å²) in [6.07, 6.45) is 0. The normalized spacial score (nSPS) is 15.5. The molecule has 0 unspecified atom stereocenters. The molecule has 0 saturated carbocycles. The fourth-order valence-corrected chi connectivity index (χ4v) is 5.15. The summed E-state index contributed by atoms with van der Waals surface area (Å²) >= 11 is 0. The van der Waals surface area contributed by atoms with Crippen LogP contribution in [0.15, 0.2) is 57.8 Å². The van der Waals surface area contributed by atoms with Crippen LogP contribution in [0.1, 0.15) is 33.4 Å². The van der Waals surface area contributed by atoms with Crippen LogP contribution in [0.25, 0.3) is 11.0 Å². The van der Waals surface area contributed by atoms with Crippen molar-refractivity contribution < 1.29 is 22.4 Å². The number of hydrogen-bond donors (Lipinski definition) is 0. The van der Waals surface area contributed by atoms with Crippen LogP contribution in [-0.2, 0) is 10.0 Å². The number of carbonyl (C=O) groups excluding carboxylic acids is 2. The third-order valence-corrected chi connectivity index (χ3v) is 7.34. The van der Waals surface area contributed by atoms with Gasteiger partial charge in [0.25, 0.3) is 5.91 Å². The van der Waals surface area contributed by atoms with Crippen molar-refractivity contribution in [2.75, 3.05) is 26.2 Å². The van der Waals surface area contributed by atoms with Crippen LogP contribution in [0, 0.1) is 6.92 Å². The van der Waals surface area contributed by atoms with Gasteiger partial charge < -0.3 is 9.32 Å². The van der Waals surface area contributed by atoms with E-state index in [1.165, 1.54) is 23.4 Å². The van der Waals surface area contributed by atoms with Crippen molar-refractivity contribution in [3.8, 4) is 0 Å². The molecule has 156 valence electrons. The number of nitrogens with zero attached hydrogens (tertiary/aromatic N) is 2. The minimum atomic E-state index is -3.74. The second-order valence-corrected chi connectivity index (χ2v) is 9.27. The molecular weight excluding hydrogens is 404 g/mol. The highest BCUT2D eigenvalue weighted by atomic mass is 32.2. The minimum absolute atomic E-state index is 0.0862. The van der Waals surface area contributed by atoms with E-state index in [1.807, 2.05) is 31.2 Å². The van der Waals surface area contributed by atoms with E-state index in [2.05, 4.69) is 0 Å². The third kappa shape index (κ3) is 3.53. The van der Waals surface area contributed by atoms with Gasteiger partial charge in [-0.25, -0.2) is 8.42 Å². The van der Waals surface area contributed by atoms with E-state index in [1.54, 1.807) is 17.0 Å². The van der Waals surface area contributed by atoms with Gasteiger partial charge in [0.1, 0.15) is 5.58 Å². The van der Waals surface area contributed by atoms with E-state index in [0.717, 1.165) is 10.9 Å². The predicted octanol–water partition coefficient (Wildman–Crippen LogP) is 3.09. The molecule has 1 saturated heterocycles. The van der Waals surface area contributed by atoms with Crippen LogP contribution < -0.4 is 0 Å². The van der Waals surface area contributed by atoms with E-state index < -0.39 is 10.0 Å². The summed E-state index contributed by atoms with van der Waals surface area (Å²) in [5.74, 6) is -0.135. The number of carbonyl (C=O) groups is 2. The van der Waals surface area contributed by atoms with Crippen LogP contribution in [0.5, 0.6) is 0 Å². The molecule has 0 bridgehead atoms. The Hall–Kier alpha value is -2.97. The molecule has 0 radical (unpaired) electrons. The molecule has 0 N–H and O–H groups in total. The van der Waals surface area contributed by atoms with Gasteiger partial charge in [0.15, 0.2) is 11.5 Å². The van der Waals surface area contributed by atoms with Crippen molar-refractivity contribution in [1.82, 2.24) is 9.21 Å². The summed E-state index contributed by atoms with van der Waals surface area (Å²) in [6.45, 7) is 4.13. The van der Waals surface area contributed by atoms with Gasteiger partial charge in [0, 0.05) is 42.7 Å². The largest absolute Gasteiger partial charge is 0.451 e. The fraction of sp³-hybridized carbons (Fsp3) is 0.273. The number of piperazine rings is 1. The average Bonchev–Trinajstić information content (AvgIpc) is 3.10. The molecular formula is C22H22N2O5S. The number of sulfonamides is 1. The van der Waals surface area contributed by atoms with Gasteiger partial charge in [0.2, 0.25) is 10.0 Å². The van der Waals surface area contributed by atoms with E-state index in [-0.39, 0.29) is 42.8 Å². The lowest BCUT2D eigenvalue weighted by molar-refractivity contribution is 0.0667. The Kier molecular flexibility index (Phi) is 5.21. The highest BCUT2D eigenvalue weighted by Crippen LogP contribution is 2.27. The number of benzene rings is 2. The highest BCUT2D eigenvalue weighted by molar-refractivity contribution is 7.89. The Bertz CT molecular complexity index is 1240. The standard InChI is InChI=1S/C22H22N2O5S/c1-15-19-8-3-4-9-20(19)29-21(15)22(26)23-10-12-24(13-11-23)30(27,28)18-7-5-6-17(14-18)16(2)25/h3-9,14H,10-13H2,1-2H3. The van der Waals surface area contributed by atoms with Gasteiger partial charge in [-0.2, -0.15) is 4.31 Å². The van der Waals surface area contributed by atoms with Crippen LogP contribution in [-0.4, -0.2) is 55.5 Å². The number of furan rings is 1. The van der Waals surface area contributed by atoms with Crippen LogP contribution in [0.4, 0.5) is 0 Å². The van der Waals surface area contributed by atoms with Gasteiger partial charge in [-0.3, -0.25) is 9.59 Å². The summed E-state index contributed by atoms with van der Waals surface area (Å²) in [6, 6.07) is 13.5. The Morgan fingerprint density at radius 1 is 0.967 bits per heavy atom. The fourth-order valence-electron chi connectivity index (χ4n) is 3.68. The van der Waals surface area contributed by atoms with Gasteiger partial charge in [-0.1, -0.05) is 30.3 Å². The third-order valence-electron chi connectivity index (χ3n) is 5.44. The Balaban J connectivity index is 1.50. The average molecular weight is 426 g/mol. The molecule has 30 heavy (non-hydrogen) atoms. The first kappa shape index (κ1) is 20.3. The SMILES string of the molecule is CC(=O)c1cccc(S(=O)(=O)N2CCN(C(=O)c3oc4ccccc4c3C)CC2)c1. The summed E-state index contributed by atoms with van der Waals surface area (Å²) in [7, 11) is -3.74. The summed E-state index contributed by atoms with van der Waals surface area (Å²) in [4.78, 5) is 26.2. The first-order chi connectivity index (χ1) is 14.3. The first-order valence-electron chi connectivity index (χ1n) is 9.67. The molecule has 1 amide bonds. The van der Waals surface area contributed by atoms with Gasteiger partial charge in [-0.15, -0.1) is 0 Å². The Morgan fingerprint density at radius 3 is 2.33 bits per heavy atom. The molecule has 3 aromatic rings. The molecule has 4 rings (SSSR count). The lowest BCUT2D eigenvalue weighted by Gasteiger charge is -2.33. The van der Waals surface area contributed by atoms with Crippen molar-refractivity contribution in [2.45, 2.75) is 18.7 Å². The predicted molar refractivity (Wildman–Crippen MR) is 112 cm³/mol. The molecule has 1 aliphatic rings. The number of hydrogen-bond acceptors (Lipinski definition) is 5. The maximum atomic E-state index is 13.0. The highest BCUT2D eigenvalue weighted by Gasteiger charge is 2.32. The molecule has 2 heterocycles. The zero-order valence-corrected chi connectivity index (χ0v) is 17.6. The number of amides is 1. The molecule has 1 aromatic heterocycles. The monoisotopic (exact) mass is 426 g/mol. The van der Waals surface area contributed by atoms with E-state index in [9.17, 15) is 18.0 Å². The summed E-state index contributed by atoms with van der Waals surface area (Å²) < 4.78 is 33.1. The number of fused-ring (bicyclic) bond motifs is 1. The van der Waals surface area contributed by atoms with Crippen molar-refractivity contribution in [1.29, 1.82) is 0 Å². The van der Waals surface area contributed by atoms with E-state index in [0.29, 0.717) is 16.9 Å². The number of para-hydroxylation sites is 1. The van der Waals surface area contributed by atoms with Crippen molar-refractivity contribution in [3.05, 3.63) is 65.4 Å². The smallest absolute Gasteiger partial charge is 0.289 e. The Labute approximate surface area is 174 Å². The van der Waals surface area contributed by atoms with Crippen molar-refractivity contribution in [2.24, 2.45) is 0 Å². The summed E-state index contributed by atoms with van der Waals surface area (Å²) in [5, 5.41) is 0.896. The topological polar surface area (TPSA) is 87.9 Å². The molecule has 1 fully saturated rings. The maximum Gasteiger partial charge on any atom is 0.289 e. The van der Waals surface area contributed by atoms with E-state index >= 15 is 0 Å². The number of Topliss-reactive ketones (excluding diaryl/α,β-unsaturated/α-hetero) is 1. The quantitative estimate of drug-likeness (QED) is 0.598. The number of aryl methyl sites for hydroxylation is 1. The Morgan fingerprint density at radius 2 is 1.67 bits per heavy atom. The molecule has 2 aromatic carbocycles. The molecule has 0 spiro atoms. The number of ketones is 1. The van der Waals surface area contributed by atoms with Crippen LogP contribution in [0.2, 0.25) is 0 Å². The van der Waals surface area contributed by atoms with Gasteiger partial charge >= 0.3 is 0 Å². The molecule has 8 heteroatoms. The first-order valence-corrected chi connectivity index (χ1v) is 11.1. The second kappa shape index (κ2) is 7.70. The summed E-state index contributed by atoms with van der Waals surface area (Å²) in [5.41, 5.74) is 1.79. The maximum absolute atomic E-state index is 13.0. The van der Waals surface area contributed by atoms with Gasteiger partial charge in [0.05, 0.1) is 4.90 Å². The van der Waals surface area contributed by atoms with Crippen molar-refractivity contribution in [3.63, 3.8) is 0 Å². The number of rotatable bonds is 4. The van der Waals surface area contributed by atoms with E-state index in [4.69, 9.17) is 4.42 Å². The minimum Gasteiger partial charge on any atom is -0.451 e. The second-order valence-electron chi connectivity index (χ2n) is 7.33. The zero-order valence-electron chi connectivity index (χ0n) is 16.8. The van der Waals surface area contributed by atoms with Gasteiger partial charge in [-0.05, 0) is 32.0 Å². The molecule has 0 aliphatic carbocycles. The molecule has 1 aliphatic heterocycles. The van der Waals surface area contributed by atoms with Crippen LogP contribution >= 0.6 is 0 Å². The van der Waals surface area contributed by atoms with Crippen molar-refractivity contribution >= 4 is 32.7 Å². The lowest BCUT2D eigenvalue weighted by Crippen LogP contribution is -2.50. The molecule has 7 nitrogen and oxygen atoms in total. The lowest BCUT2D eigenvalue weighted by atomic mass is 10.1. The van der Waals surface area contributed by atoms with Crippen LogP contribution in [0.3, 0.4) is 0 Å². The molecule has 0 atom stereocenters. The zero-order chi connectivity index (χ0) is 21.5.